The Bertz CT molecular complexity index is 532. The largest absolute Gasteiger partial charge is 0.481 e. The van der Waals surface area contributed by atoms with E-state index in [1.54, 1.807) is 16.7 Å². The lowest BCUT2D eigenvalue weighted by molar-refractivity contribution is -0.142. The Hall–Kier alpha value is -1.49. The smallest absolute Gasteiger partial charge is 0.308 e. The molecule has 2 rings (SSSR count). The van der Waals surface area contributed by atoms with Gasteiger partial charge in [-0.3, -0.25) is 9.59 Å². The van der Waals surface area contributed by atoms with Crippen molar-refractivity contribution >= 4 is 23.6 Å². The highest BCUT2D eigenvalue weighted by Gasteiger charge is 2.37. The van der Waals surface area contributed by atoms with E-state index in [4.69, 9.17) is 5.11 Å². The lowest BCUT2D eigenvalue weighted by atomic mass is 10.0. The minimum absolute atomic E-state index is 0.0453. The molecule has 1 aliphatic heterocycles. The maximum absolute atomic E-state index is 12.2. The highest BCUT2D eigenvalue weighted by Crippen LogP contribution is 2.25. The van der Waals surface area contributed by atoms with E-state index in [2.05, 4.69) is 25.1 Å². The third-order valence-corrected chi connectivity index (χ3v) is 4.96. The van der Waals surface area contributed by atoms with E-state index < -0.39 is 11.9 Å². The van der Waals surface area contributed by atoms with E-state index in [9.17, 15) is 9.59 Å². The van der Waals surface area contributed by atoms with Crippen molar-refractivity contribution in [3.05, 3.63) is 35.4 Å². The molecule has 4 nitrogen and oxygen atoms in total. The van der Waals surface area contributed by atoms with Crippen LogP contribution >= 0.6 is 11.8 Å². The summed E-state index contributed by atoms with van der Waals surface area (Å²) < 4.78 is 0. The summed E-state index contributed by atoms with van der Waals surface area (Å²) in [5, 5.41) is 9.09. The van der Waals surface area contributed by atoms with Gasteiger partial charge in [-0.25, -0.2) is 0 Å². The average molecular weight is 307 g/mol. The fourth-order valence-electron chi connectivity index (χ4n) is 2.76. The molecule has 0 bridgehead atoms. The van der Waals surface area contributed by atoms with Gasteiger partial charge >= 0.3 is 5.97 Å². The molecule has 1 heterocycles. The van der Waals surface area contributed by atoms with Crippen molar-refractivity contribution in [1.29, 1.82) is 0 Å². The molecule has 1 fully saturated rings. The first kappa shape index (κ1) is 15.9. The summed E-state index contributed by atoms with van der Waals surface area (Å²) in [7, 11) is 0. The molecule has 1 aromatic rings. The van der Waals surface area contributed by atoms with Crippen molar-refractivity contribution in [2.24, 2.45) is 5.92 Å². The number of amides is 1. The minimum atomic E-state index is -0.801. The summed E-state index contributed by atoms with van der Waals surface area (Å²) in [6, 6.07) is 8.05. The first-order chi connectivity index (χ1) is 9.99. The molecule has 1 aliphatic rings. The summed E-state index contributed by atoms with van der Waals surface area (Å²) in [6.45, 7) is 4.44. The zero-order valence-corrected chi connectivity index (χ0v) is 13.2. The second-order valence-corrected chi connectivity index (χ2v) is 6.53. The number of benzene rings is 1. The molecule has 0 radical (unpaired) electrons. The Balaban J connectivity index is 1.81. The number of aliphatic carboxylic acids is 1. The SMILES string of the molecule is Cc1cccc(CSCC(=O)N2CCC(C(=O)O)C2C)c1. The normalized spacial score (nSPS) is 21.5. The fraction of sp³-hybridized carbons (Fsp3) is 0.500. The van der Waals surface area contributed by atoms with Crippen molar-refractivity contribution in [2.45, 2.75) is 32.1 Å². The van der Waals surface area contributed by atoms with Crippen LogP contribution in [0.25, 0.3) is 0 Å². The van der Waals surface area contributed by atoms with Crippen molar-refractivity contribution in [1.82, 2.24) is 4.90 Å². The molecule has 114 valence electrons. The van der Waals surface area contributed by atoms with Crippen molar-refractivity contribution < 1.29 is 14.7 Å². The van der Waals surface area contributed by atoms with Crippen LogP contribution in [-0.2, 0) is 15.3 Å². The second-order valence-electron chi connectivity index (χ2n) is 5.54. The molecule has 1 aromatic carbocycles. The van der Waals surface area contributed by atoms with E-state index in [0.717, 1.165) is 5.75 Å². The molecule has 0 spiro atoms. The predicted molar refractivity (Wildman–Crippen MR) is 84.3 cm³/mol. The first-order valence-corrected chi connectivity index (χ1v) is 8.30. The van der Waals surface area contributed by atoms with E-state index in [0.29, 0.717) is 18.7 Å². The van der Waals surface area contributed by atoms with Crippen LogP contribution in [0.1, 0.15) is 24.5 Å². The van der Waals surface area contributed by atoms with Crippen LogP contribution in [0.3, 0.4) is 0 Å². The maximum Gasteiger partial charge on any atom is 0.308 e. The van der Waals surface area contributed by atoms with Gasteiger partial charge in [-0.05, 0) is 25.8 Å². The van der Waals surface area contributed by atoms with Gasteiger partial charge in [-0.15, -0.1) is 11.8 Å². The summed E-state index contributed by atoms with van der Waals surface area (Å²) >= 11 is 1.58. The molecule has 5 heteroatoms. The topological polar surface area (TPSA) is 57.6 Å². The van der Waals surface area contributed by atoms with Crippen LogP contribution < -0.4 is 0 Å². The molecule has 2 atom stereocenters. The molecule has 1 saturated heterocycles. The number of carboxylic acid groups (broad SMARTS) is 1. The number of nitrogens with zero attached hydrogens (tertiary/aromatic N) is 1. The van der Waals surface area contributed by atoms with Gasteiger partial charge in [0.25, 0.3) is 0 Å². The van der Waals surface area contributed by atoms with Gasteiger partial charge in [-0.2, -0.15) is 0 Å². The standard InChI is InChI=1S/C16H21NO3S/c1-11-4-3-5-13(8-11)9-21-10-15(18)17-7-6-14(12(17)2)16(19)20/h3-5,8,12,14H,6-7,9-10H2,1-2H3,(H,19,20). The quantitative estimate of drug-likeness (QED) is 0.908. The third-order valence-electron chi connectivity index (χ3n) is 3.97. The van der Waals surface area contributed by atoms with Gasteiger partial charge in [-0.1, -0.05) is 29.8 Å². The molecular weight excluding hydrogens is 286 g/mol. The van der Waals surface area contributed by atoms with Crippen molar-refractivity contribution in [3.63, 3.8) is 0 Å². The number of hydrogen-bond acceptors (Lipinski definition) is 3. The first-order valence-electron chi connectivity index (χ1n) is 7.14. The van der Waals surface area contributed by atoms with Crippen LogP contribution in [0.5, 0.6) is 0 Å². The Morgan fingerprint density at radius 1 is 1.43 bits per heavy atom. The highest BCUT2D eigenvalue weighted by molar-refractivity contribution is 7.99. The Morgan fingerprint density at radius 2 is 2.19 bits per heavy atom. The number of carbonyl (C=O) groups excluding carboxylic acids is 1. The molecule has 2 unspecified atom stereocenters. The van der Waals surface area contributed by atoms with E-state index in [-0.39, 0.29) is 11.9 Å². The van der Waals surface area contributed by atoms with Gasteiger partial charge in [0, 0.05) is 18.3 Å². The zero-order valence-electron chi connectivity index (χ0n) is 12.4. The number of carboxylic acids is 1. The summed E-state index contributed by atoms with van der Waals surface area (Å²) in [4.78, 5) is 25.0. The number of rotatable bonds is 5. The molecule has 0 saturated carbocycles. The van der Waals surface area contributed by atoms with E-state index in [1.165, 1.54) is 11.1 Å². The summed E-state index contributed by atoms with van der Waals surface area (Å²) in [5.41, 5.74) is 2.43. The second kappa shape index (κ2) is 6.98. The van der Waals surface area contributed by atoms with Crippen LogP contribution in [0.2, 0.25) is 0 Å². The Labute approximate surface area is 129 Å². The van der Waals surface area contributed by atoms with Crippen LogP contribution in [-0.4, -0.2) is 40.2 Å². The van der Waals surface area contributed by atoms with Crippen molar-refractivity contribution in [3.8, 4) is 0 Å². The average Bonchev–Trinajstić information content (AvgIpc) is 2.80. The summed E-state index contributed by atoms with van der Waals surface area (Å²) in [6.07, 6.45) is 0.560. The lowest BCUT2D eigenvalue weighted by Crippen LogP contribution is -2.38. The molecule has 21 heavy (non-hydrogen) atoms. The van der Waals surface area contributed by atoms with Crippen molar-refractivity contribution in [2.75, 3.05) is 12.3 Å². The monoisotopic (exact) mass is 307 g/mol. The van der Waals surface area contributed by atoms with E-state index >= 15 is 0 Å². The van der Waals surface area contributed by atoms with Gasteiger partial charge in [0.05, 0.1) is 11.7 Å². The van der Waals surface area contributed by atoms with Crippen LogP contribution in [0.15, 0.2) is 24.3 Å². The van der Waals surface area contributed by atoms with Crippen LogP contribution in [0.4, 0.5) is 0 Å². The maximum atomic E-state index is 12.2. The van der Waals surface area contributed by atoms with Gasteiger partial charge in [0.1, 0.15) is 0 Å². The van der Waals surface area contributed by atoms with Gasteiger partial charge < -0.3 is 10.0 Å². The number of likely N-dealkylation sites (tertiary alicyclic amines) is 1. The Kier molecular flexibility index (Phi) is 5.28. The third kappa shape index (κ3) is 4.00. The van der Waals surface area contributed by atoms with Gasteiger partial charge in [0.2, 0.25) is 5.91 Å². The Morgan fingerprint density at radius 3 is 2.81 bits per heavy atom. The van der Waals surface area contributed by atoms with E-state index in [1.807, 2.05) is 13.0 Å². The molecular formula is C16H21NO3S. The number of hydrogen-bond donors (Lipinski definition) is 1. The summed E-state index contributed by atoms with van der Waals surface area (Å²) in [5.74, 6) is 0.0349. The molecule has 0 aromatic heterocycles. The highest BCUT2D eigenvalue weighted by atomic mass is 32.2. The zero-order chi connectivity index (χ0) is 15.4. The fourth-order valence-corrected chi connectivity index (χ4v) is 3.62. The lowest BCUT2D eigenvalue weighted by Gasteiger charge is -2.23. The van der Waals surface area contributed by atoms with Gasteiger partial charge in [0.15, 0.2) is 0 Å². The van der Waals surface area contributed by atoms with Crippen LogP contribution in [0, 0.1) is 12.8 Å². The molecule has 1 N–H and O–H groups in total. The number of aryl methyl sites for hydroxylation is 1. The number of carbonyl (C=O) groups is 2. The molecule has 1 amide bonds. The minimum Gasteiger partial charge on any atom is -0.481 e. The number of thioether (sulfide) groups is 1. The molecule has 0 aliphatic carbocycles. The predicted octanol–water partition coefficient (Wildman–Crippen LogP) is 2.55.